The molecule has 1 aliphatic rings. The molecule has 0 aliphatic carbocycles. The van der Waals surface area contributed by atoms with Crippen molar-refractivity contribution in [2.45, 2.75) is 32.7 Å². The molecule has 0 N–H and O–H groups in total. The van der Waals surface area contributed by atoms with Gasteiger partial charge in [0.05, 0.1) is 20.8 Å². The van der Waals surface area contributed by atoms with Gasteiger partial charge in [-0.25, -0.2) is 0 Å². The molecular weight excluding hydrogens is 330 g/mol. The topological polar surface area (TPSA) is 51.9 Å². The number of aryl methyl sites for hydroxylation is 1. The van der Waals surface area contributed by atoms with Gasteiger partial charge in [0.15, 0.2) is 17.3 Å². The summed E-state index contributed by atoms with van der Waals surface area (Å²) in [5, 5.41) is 0. The first kappa shape index (κ1) is 18.5. The van der Waals surface area contributed by atoms with Crippen molar-refractivity contribution in [1.29, 1.82) is 0 Å². The minimum absolute atomic E-state index is 0.00228. The second-order valence-corrected chi connectivity index (χ2v) is 6.73. The maximum Gasteiger partial charge on any atom is 0.167 e. The van der Waals surface area contributed by atoms with E-state index >= 15 is 0 Å². The number of furan rings is 1. The normalized spacial score (nSPS) is 17.9. The van der Waals surface area contributed by atoms with E-state index in [2.05, 4.69) is 11.8 Å². The number of methoxy groups -OCH3 is 2. The van der Waals surface area contributed by atoms with Crippen molar-refractivity contribution >= 4 is 5.78 Å². The summed E-state index contributed by atoms with van der Waals surface area (Å²) in [6.07, 6.45) is 2.84. The predicted molar refractivity (Wildman–Crippen MR) is 100.0 cm³/mol. The van der Waals surface area contributed by atoms with Gasteiger partial charge in [-0.15, -0.1) is 0 Å². The fraction of sp³-hybridized carbons (Fsp3) is 0.476. The molecule has 1 aromatic carbocycles. The van der Waals surface area contributed by atoms with Crippen LogP contribution in [0.5, 0.6) is 11.5 Å². The van der Waals surface area contributed by atoms with Gasteiger partial charge in [-0.05, 0) is 49.7 Å². The van der Waals surface area contributed by atoms with Crippen molar-refractivity contribution in [2.75, 3.05) is 27.3 Å². The summed E-state index contributed by atoms with van der Waals surface area (Å²) in [5.74, 6) is 3.38. The largest absolute Gasteiger partial charge is 0.493 e. The van der Waals surface area contributed by atoms with Crippen LogP contribution in [0.3, 0.4) is 0 Å². The highest BCUT2D eigenvalue weighted by molar-refractivity contribution is 5.98. The highest BCUT2D eigenvalue weighted by Crippen LogP contribution is 2.30. The third kappa shape index (κ3) is 4.10. The first-order chi connectivity index (χ1) is 12.6. The summed E-state index contributed by atoms with van der Waals surface area (Å²) in [6, 6.07) is 9.47. The number of Topliss-reactive ketones (excluding diaryl/α,β-unsaturated/α-hetero) is 1. The smallest absolute Gasteiger partial charge is 0.167 e. The Balaban J connectivity index is 1.67. The molecule has 0 bridgehead atoms. The zero-order valence-electron chi connectivity index (χ0n) is 15.8. The standard InChI is InChI=1S/C21H27NO4/c1-4-17-8-9-18(26-17)14-22-11-5-6-16(13-22)21(23)15-7-10-19(24-2)20(12-15)25-3/h7-10,12,16H,4-6,11,13-14H2,1-3H3/t16-/m1/s1. The Hall–Kier alpha value is -2.27. The lowest BCUT2D eigenvalue weighted by Crippen LogP contribution is -2.38. The Kier molecular flexibility index (Phi) is 5.99. The highest BCUT2D eigenvalue weighted by Gasteiger charge is 2.27. The van der Waals surface area contributed by atoms with E-state index in [0.29, 0.717) is 17.1 Å². The average molecular weight is 357 g/mol. The molecule has 1 fully saturated rings. The summed E-state index contributed by atoms with van der Waals surface area (Å²) < 4.78 is 16.4. The predicted octanol–water partition coefficient (Wildman–Crippen LogP) is 3.95. The monoisotopic (exact) mass is 357 g/mol. The molecule has 0 radical (unpaired) electrons. The fourth-order valence-corrected chi connectivity index (χ4v) is 3.56. The minimum atomic E-state index is 0.00228. The van der Waals surface area contributed by atoms with E-state index in [-0.39, 0.29) is 11.7 Å². The molecular formula is C21H27NO4. The lowest BCUT2D eigenvalue weighted by Gasteiger charge is -2.31. The molecule has 1 aromatic heterocycles. The fourth-order valence-electron chi connectivity index (χ4n) is 3.56. The molecule has 5 nitrogen and oxygen atoms in total. The maximum absolute atomic E-state index is 13.0. The van der Waals surface area contributed by atoms with Crippen molar-refractivity contribution in [3.63, 3.8) is 0 Å². The van der Waals surface area contributed by atoms with Crippen molar-refractivity contribution in [3.8, 4) is 11.5 Å². The molecule has 0 spiro atoms. The lowest BCUT2D eigenvalue weighted by atomic mass is 9.90. The van der Waals surface area contributed by atoms with Crippen LogP contribution in [0.25, 0.3) is 0 Å². The number of hydrogen-bond donors (Lipinski definition) is 0. The number of ether oxygens (including phenoxy) is 2. The molecule has 3 rings (SSSR count). The van der Waals surface area contributed by atoms with E-state index in [4.69, 9.17) is 13.9 Å². The van der Waals surface area contributed by atoms with E-state index in [1.807, 2.05) is 18.2 Å². The first-order valence-electron chi connectivity index (χ1n) is 9.20. The zero-order chi connectivity index (χ0) is 18.5. The summed E-state index contributed by atoms with van der Waals surface area (Å²) in [4.78, 5) is 15.3. The van der Waals surface area contributed by atoms with Gasteiger partial charge < -0.3 is 13.9 Å². The number of rotatable bonds is 7. The van der Waals surface area contributed by atoms with Gasteiger partial charge in [-0.1, -0.05) is 6.92 Å². The molecule has 0 unspecified atom stereocenters. The van der Waals surface area contributed by atoms with Gasteiger partial charge in [0.25, 0.3) is 0 Å². The third-order valence-electron chi connectivity index (χ3n) is 4.99. The van der Waals surface area contributed by atoms with Gasteiger partial charge >= 0.3 is 0 Å². The highest BCUT2D eigenvalue weighted by atomic mass is 16.5. The molecule has 2 heterocycles. The summed E-state index contributed by atoms with van der Waals surface area (Å²) >= 11 is 0. The second kappa shape index (κ2) is 8.41. The van der Waals surface area contributed by atoms with Crippen molar-refractivity contribution < 1.29 is 18.7 Å². The number of carbonyl (C=O) groups is 1. The van der Waals surface area contributed by atoms with Crippen LogP contribution in [-0.2, 0) is 13.0 Å². The van der Waals surface area contributed by atoms with Crippen LogP contribution in [0.2, 0.25) is 0 Å². The number of likely N-dealkylation sites (tertiary alicyclic amines) is 1. The third-order valence-corrected chi connectivity index (χ3v) is 4.99. The van der Waals surface area contributed by atoms with Crippen molar-refractivity contribution in [1.82, 2.24) is 4.90 Å². The van der Waals surface area contributed by atoms with Crippen LogP contribution in [0.15, 0.2) is 34.7 Å². The molecule has 140 valence electrons. The molecule has 2 aromatic rings. The van der Waals surface area contributed by atoms with E-state index in [1.165, 1.54) is 0 Å². The summed E-state index contributed by atoms with van der Waals surface area (Å²) in [5.41, 5.74) is 0.681. The van der Waals surface area contributed by atoms with Gasteiger partial charge in [0.1, 0.15) is 11.5 Å². The Bertz CT molecular complexity index is 752. The Morgan fingerprint density at radius 2 is 1.92 bits per heavy atom. The van der Waals surface area contributed by atoms with Crippen LogP contribution in [0, 0.1) is 5.92 Å². The molecule has 1 aliphatic heterocycles. The molecule has 0 saturated carbocycles. The van der Waals surface area contributed by atoms with Crippen LogP contribution in [0.1, 0.15) is 41.6 Å². The summed E-state index contributed by atoms with van der Waals surface area (Å²) in [7, 11) is 3.18. The Morgan fingerprint density at radius 3 is 2.62 bits per heavy atom. The van der Waals surface area contributed by atoms with Crippen LogP contribution < -0.4 is 9.47 Å². The summed E-state index contributed by atoms with van der Waals surface area (Å²) in [6.45, 7) is 4.60. The quantitative estimate of drug-likeness (QED) is 0.702. The Morgan fingerprint density at radius 1 is 1.15 bits per heavy atom. The van der Waals surface area contributed by atoms with Gasteiger partial charge in [-0.3, -0.25) is 9.69 Å². The molecule has 1 atom stereocenters. The number of nitrogens with zero attached hydrogens (tertiary/aromatic N) is 1. The van der Waals surface area contributed by atoms with Gasteiger partial charge in [0, 0.05) is 24.4 Å². The van der Waals surface area contributed by atoms with Gasteiger partial charge in [0.2, 0.25) is 0 Å². The van der Waals surface area contributed by atoms with E-state index < -0.39 is 0 Å². The number of carbonyl (C=O) groups excluding carboxylic acids is 1. The number of ketones is 1. The SMILES string of the molecule is CCc1ccc(CN2CCC[C@@H](C(=O)c3ccc(OC)c(OC)c3)C2)o1. The molecule has 5 heteroatoms. The van der Waals surface area contributed by atoms with E-state index in [9.17, 15) is 4.79 Å². The first-order valence-corrected chi connectivity index (χ1v) is 9.20. The Labute approximate surface area is 154 Å². The second-order valence-electron chi connectivity index (χ2n) is 6.73. The van der Waals surface area contributed by atoms with E-state index in [1.54, 1.807) is 26.4 Å². The van der Waals surface area contributed by atoms with E-state index in [0.717, 1.165) is 50.4 Å². The lowest BCUT2D eigenvalue weighted by molar-refractivity contribution is 0.0802. The maximum atomic E-state index is 13.0. The minimum Gasteiger partial charge on any atom is -0.493 e. The number of benzene rings is 1. The van der Waals surface area contributed by atoms with Gasteiger partial charge in [-0.2, -0.15) is 0 Å². The van der Waals surface area contributed by atoms with Crippen LogP contribution in [0.4, 0.5) is 0 Å². The average Bonchev–Trinajstić information content (AvgIpc) is 3.14. The molecule has 0 amide bonds. The zero-order valence-corrected chi connectivity index (χ0v) is 15.8. The number of hydrogen-bond acceptors (Lipinski definition) is 5. The van der Waals surface area contributed by atoms with Crippen molar-refractivity contribution in [3.05, 3.63) is 47.4 Å². The number of piperidine rings is 1. The molecule has 1 saturated heterocycles. The van der Waals surface area contributed by atoms with Crippen LogP contribution in [-0.4, -0.2) is 38.0 Å². The van der Waals surface area contributed by atoms with Crippen LogP contribution >= 0.6 is 0 Å². The van der Waals surface area contributed by atoms with Crippen molar-refractivity contribution in [2.24, 2.45) is 5.92 Å². The molecule has 26 heavy (non-hydrogen) atoms.